The topological polar surface area (TPSA) is 99.1 Å². The summed E-state index contributed by atoms with van der Waals surface area (Å²) in [7, 11) is 0. The number of aromatic nitrogens is 1. The average molecular weight is 229 g/mol. The van der Waals surface area contributed by atoms with E-state index in [-0.39, 0.29) is 5.69 Å². The first-order chi connectivity index (χ1) is 8.09. The molecule has 0 saturated heterocycles. The van der Waals surface area contributed by atoms with Gasteiger partial charge >= 0.3 is 0 Å². The normalized spacial score (nSPS) is 10.6. The third-order valence-corrected chi connectivity index (χ3v) is 2.48. The van der Waals surface area contributed by atoms with Crippen LogP contribution in [0.5, 0.6) is 0 Å². The minimum absolute atomic E-state index is 0.281. The Balaban J connectivity index is 2.55. The highest BCUT2D eigenvalue weighted by Crippen LogP contribution is 2.17. The summed E-state index contributed by atoms with van der Waals surface area (Å²) in [6, 6.07) is 10.7. The van der Waals surface area contributed by atoms with Crippen LogP contribution in [-0.4, -0.2) is 16.8 Å². The van der Waals surface area contributed by atoms with Crippen LogP contribution in [0.2, 0.25) is 0 Å². The Morgan fingerprint density at radius 3 is 2.29 bits per heavy atom. The molecule has 0 fully saturated rings. The van der Waals surface area contributed by atoms with E-state index >= 15 is 0 Å². The number of hydrogen-bond donors (Lipinski definition) is 2. The first-order valence-corrected chi connectivity index (χ1v) is 5.04. The number of pyridine rings is 1. The maximum absolute atomic E-state index is 11.2. The van der Waals surface area contributed by atoms with E-state index in [0.717, 1.165) is 5.39 Å². The summed E-state index contributed by atoms with van der Waals surface area (Å²) in [5.41, 5.74) is 11.2. The Bertz CT molecular complexity index is 581. The zero-order chi connectivity index (χ0) is 12.4. The Kier molecular flexibility index (Phi) is 2.74. The van der Waals surface area contributed by atoms with Crippen molar-refractivity contribution in [3.05, 3.63) is 42.1 Å². The van der Waals surface area contributed by atoms with E-state index in [1.807, 2.05) is 18.2 Å². The molecule has 1 aromatic carbocycles. The van der Waals surface area contributed by atoms with Crippen LogP contribution in [-0.2, 0) is 9.59 Å². The Hall–Kier alpha value is -2.43. The molecule has 0 aliphatic rings. The summed E-state index contributed by atoms with van der Waals surface area (Å²) in [6.07, 6.45) is 0. The van der Waals surface area contributed by atoms with Crippen molar-refractivity contribution in [2.24, 2.45) is 11.5 Å². The number of benzene rings is 1. The van der Waals surface area contributed by atoms with Crippen molar-refractivity contribution in [1.82, 2.24) is 4.98 Å². The molecule has 5 nitrogen and oxygen atoms in total. The average Bonchev–Trinajstić information content (AvgIpc) is 2.28. The molecule has 17 heavy (non-hydrogen) atoms. The lowest BCUT2D eigenvalue weighted by atomic mass is 10.0. The molecule has 86 valence electrons. The van der Waals surface area contributed by atoms with Crippen molar-refractivity contribution in [2.45, 2.75) is 5.92 Å². The Morgan fingerprint density at radius 1 is 1.00 bits per heavy atom. The predicted octanol–water partition coefficient (Wildman–Crippen LogP) is 0.289. The number of primary amides is 2. The van der Waals surface area contributed by atoms with Crippen molar-refractivity contribution in [2.75, 3.05) is 0 Å². The number of amides is 2. The molecule has 0 aliphatic heterocycles. The van der Waals surface area contributed by atoms with Gasteiger partial charge in [0.2, 0.25) is 11.8 Å². The lowest BCUT2D eigenvalue weighted by molar-refractivity contribution is -0.128. The van der Waals surface area contributed by atoms with E-state index in [1.54, 1.807) is 18.2 Å². The van der Waals surface area contributed by atoms with Gasteiger partial charge in [-0.05, 0) is 12.1 Å². The molecule has 2 rings (SSSR count). The standard InChI is InChI=1S/C12H11N3O2/c13-11(16)10(12(14)17)9-6-5-7-3-1-2-4-8(7)15-9/h1-6,10H,(H2,13,16)(H2,14,17). The fraction of sp³-hybridized carbons (Fsp3) is 0.0833. The molecule has 0 atom stereocenters. The third-order valence-electron chi connectivity index (χ3n) is 2.48. The summed E-state index contributed by atoms with van der Waals surface area (Å²) < 4.78 is 0. The Labute approximate surface area is 97.4 Å². The fourth-order valence-electron chi connectivity index (χ4n) is 1.67. The zero-order valence-electron chi connectivity index (χ0n) is 8.96. The van der Waals surface area contributed by atoms with Crippen molar-refractivity contribution in [1.29, 1.82) is 0 Å². The molecule has 4 N–H and O–H groups in total. The number of fused-ring (bicyclic) bond motifs is 1. The molecular formula is C12H11N3O2. The van der Waals surface area contributed by atoms with Gasteiger partial charge in [-0.1, -0.05) is 24.3 Å². The molecule has 0 spiro atoms. The molecule has 0 unspecified atom stereocenters. The van der Waals surface area contributed by atoms with E-state index in [1.165, 1.54) is 0 Å². The lowest BCUT2D eigenvalue weighted by Crippen LogP contribution is -2.33. The van der Waals surface area contributed by atoms with Crippen LogP contribution >= 0.6 is 0 Å². The van der Waals surface area contributed by atoms with Gasteiger partial charge in [0.15, 0.2) is 5.92 Å². The lowest BCUT2D eigenvalue weighted by Gasteiger charge is -2.09. The van der Waals surface area contributed by atoms with Crippen molar-refractivity contribution in [3.63, 3.8) is 0 Å². The van der Waals surface area contributed by atoms with Crippen molar-refractivity contribution in [3.8, 4) is 0 Å². The van der Waals surface area contributed by atoms with Crippen LogP contribution in [0, 0.1) is 0 Å². The molecule has 2 aromatic rings. The van der Waals surface area contributed by atoms with Gasteiger partial charge in [-0.3, -0.25) is 14.6 Å². The molecule has 0 bridgehead atoms. The summed E-state index contributed by atoms with van der Waals surface area (Å²) in [5.74, 6) is -2.76. The molecule has 0 aliphatic carbocycles. The zero-order valence-corrected chi connectivity index (χ0v) is 8.96. The van der Waals surface area contributed by atoms with Crippen LogP contribution in [0.3, 0.4) is 0 Å². The predicted molar refractivity (Wildman–Crippen MR) is 62.9 cm³/mol. The van der Waals surface area contributed by atoms with Crippen LogP contribution in [0.4, 0.5) is 0 Å². The Morgan fingerprint density at radius 2 is 1.65 bits per heavy atom. The molecule has 2 amide bonds. The van der Waals surface area contributed by atoms with Gasteiger partial charge in [-0.25, -0.2) is 0 Å². The third kappa shape index (κ3) is 2.08. The maximum atomic E-state index is 11.2. The monoisotopic (exact) mass is 229 g/mol. The van der Waals surface area contributed by atoms with Crippen molar-refractivity contribution < 1.29 is 9.59 Å². The van der Waals surface area contributed by atoms with Gasteiger partial charge in [0.1, 0.15) is 0 Å². The van der Waals surface area contributed by atoms with Crippen LogP contribution < -0.4 is 11.5 Å². The van der Waals surface area contributed by atoms with Crippen LogP contribution in [0.25, 0.3) is 10.9 Å². The van der Waals surface area contributed by atoms with Crippen LogP contribution in [0.1, 0.15) is 11.6 Å². The van der Waals surface area contributed by atoms with Gasteiger partial charge < -0.3 is 11.5 Å². The first-order valence-electron chi connectivity index (χ1n) is 5.04. The summed E-state index contributed by atoms with van der Waals surface area (Å²) in [4.78, 5) is 26.5. The molecular weight excluding hydrogens is 218 g/mol. The first kappa shape index (κ1) is 11.1. The smallest absolute Gasteiger partial charge is 0.236 e. The van der Waals surface area contributed by atoms with E-state index in [4.69, 9.17) is 11.5 Å². The van der Waals surface area contributed by atoms with E-state index in [0.29, 0.717) is 5.52 Å². The fourth-order valence-corrected chi connectivity index (χ4v) is 1.67. The van der Waals surface area contributed by atoms with Crippen molar-refractivity contribution >= 4 is 22.7 Å². The number of nitrogens with two attached hydrogens (primary N) is 2. The van der Waals surface area contributed by atoms with Gasteiger partial charge in [-0.15, -0.1) is 0 Å². The highest BCUT2D eigenvalue weighted by Gasteiger charge is 2.25. The maximum Gasteiger partial charge on any atom is 0.236 e. The minimum Gasteiger partial charge on any atom is -0.369 e. The molecule has 0 radical (unpaired) electrons. The number of rotatable bonds is 3. The van der Waals surface area contributed by atoms with Gasteiger partial charge in [0.25, 0.3) is 0 Å². The second-order valence-corrected chi connectivity index (χ2v) is 3.67. The summed E-state index contributed by atoms with van der Waals surface area (Å²) in [5, 5.41) is 0.920. The van der Waals surface area contributed by atoms with Gasteiger partial charge in [-0.2, -0.15) is 0 Å². The molecule has 0 saturated carbocycles. The SMILES string of the molecule is NC(=O)C(C(N)=O)c1ccc2ccccc2n1. The second-order valence-electron chi connectivity index (χ2n) is 3.67. The minimum atomic E-state index is -1.18. The highest BCUT2D eigenvalue weighted by molar-refractivity contribution is 6.04. The number of nitrogens with zero attached hydrogens (tertiary/aromatic N) is 1. The number of carbonyl (C=O) groups excluding carboxylic acids is 2. The molecule has 1 aromatic heterocycles. The summed E-state index contributed by atoms with van der Waals surface area (Å²) in [6.45, 7) is 0. The van der Waals surface area contributed by atoms with Gasteiger partial charge in [0, 0.05) is 5.39 Å². The highest BCUT2D eigenvalue weighted by atomic mass is 16.2. The second kappa shape index (κ2) is 4.21. The van der Waals surface area contributed by atoms with E-state index in [9.17, 15) is 9.59 Å². The van der Waals surface area contributed by atoms with Gasteiger partial charge in [0.05, 0.1) is 11.2 Å². The largest absolute Gasteiger partial charge is 0.369 e. The van der Waals surface area contributed by atoms with E-state index < -0.39 is 17.7 Å². The molecule has 1 heterocycles. The quantitative estimate of drug-likeness (QED) is 0.740. The number of carbonyl (C=O) groups is 2. The number of para-hydroxylation sites is 1. The number of hydrogen-bond acceptors (Lipinski definition) is 3. The van der Waals surface area contributed by atoms with Crippen LogP contribution in [0.15, 0.2) is 36.4 Å². The summed E-state index contributed by atoms with van der Waals surface area (Å²) >= 11 is 0. The molecule has 5 heteroatoms. The van der Waals surface area contributed by atoms with E-state index in [2.05, 4.69) is 4.98 Å².